The van der Waals surface area contributed by atoms with Crippen LogP contribution in [0.2, 0.25) is 0 Å². The molecule has 1 aliphatic rings. The molecule has 3 heteroatoms. The van der Waals surface area contributed by atoms with E-state index in [-0.39, 0.29) is 17.9 Å². The first-order chi connectivity index (χ1) is 9.67. The standard InChI is InChI=1S/C18H37NO.ClH/c1-4-5-6-7-8-9-12-17-13-10-11-14-18(17,15-16-20)19(2)3;/h17,20H,4-16H2,1-3H3;1H. The second-order valence-electron chi connectivity index (χ2n) is 6.97. The highest BCUT2D eigenvalue weighted by atomic mass is 35.5. The van der Waals surface area contributed by atoms with Crippen LogP contribution in [0.4, 0.5) is 0 Å². The number of halogens is 1. The highest BCUT2D eigenvalue weighted by Gasteiger charge is 2.41. The fourth-order valence-corrected chi connectivity index (χ4v) is 4.21. The summed E-state index contributed by atoms with van der Waals surface area (Å²) in [4.78, 5) is 2.42. The zero-order chi connectivity index (χ0) is 14.8. The van der Waals surface area contributed by atoms with E-state index in [1.165, 1.54) is 70.6 Å². The van der Waals surface area contributed by atoms with E-state index < -0.39 is 0 Å². The molecule has 0 radical (unpaired) electrons. The first kappa shape index (κ1) is 21.2. The fraction of sp³-hybridized carbons (Fsp3) is 1.00. The Bertz CT molecular complexity index is 243. The minimum Gasteiger partial charge on any atom is -0.396 e. The van der Waals surface area contributed by atoms with Crippen LogP contribution >= 0.6 is 12.4 Å². The first-order valence-corrected chi connectivity index (χ1v) is 8.95. The Balaban J connectivity index is 0.00000400. The Morgan fingerprint density at radius 3 is 2.33 bits per heavy atom. The molecule has 0 aliphatic heterocycles. The Morgan fingerprint density at radius 1 is 1.05 bits per heavy atom. The van der Waals surface area contributed by atoms with Crippen molar-refractivity contribution in [2.24, 2.45) is 5.92 Å². The molecule has 21 heavy (non-hydrogen) atoms. The largest absolute Gasteiger partial charge is 0.396 e. The van der Waals surface area contributed by atoms with Crippen molar-refractivity contribution in [3.63, 3.8) is 0 Å². The molecule has 0 bridgehead atoms. The number of hydrogen-bond acceptors (Lipinski definition) is 2. The number of aliphatic hydroxyl groups excluding tert-OH is 1. The Morgan fingerprint density at radius 2 is 1.71 bits per heavy atom. The molecule has 0 heterocycles. The van der Waals surface area contributed by atoms with Crippen molar-refractivity contribution < 1.29 is 5.11 Å². The molecule has 2 atom stereocenters. The quantitative estimate of drug-likeness (QED) is 0.571. The number of rotatable bonds is 10. The van der Waals surface area contributed by atoms with Gasteiger partial charge in [0.15, 0.2) is 0 Å². The fourth-order valence-electron chi connectivity index (χ4n) is 4.21. The van der Waals surface area contributed by atoms with Gasteiger partial charge in [0.05, 0.1) is 0 Å². The molecule has 1 N–H and O–H groups in total. The lowest BCUT2D eigenvalue weighted by atomic mass is 9.68. The number of unbranched alkanes of at least 4 members (excludes halogenated alkanes) is 5. The summed E-state index contributed by atoms with van der Waals surface area (Å²) < 4.78 is 0. The Kier molecular flexibility index (Phi) is 11.9. The summed E-state index contributed by atoms with van der Waals surface area (Å²) in [6, 6.07) is 0. The Labute approximate surface area is 139 Å². The second-order valence-corrected chi connectivity index (χ2v) is 6.97. The molecule has 0 spiro atoms. The first-order valence-electron chi connectivity index (χ1n) is 8.95. The molecule has 2 nitrogen and oxygen atoms in total. The third kappa shape index (κ3) is 6.46. The number of aliphatic hydroxyl groups is 1. The van der Waals surface area contributed by atoms with Crippen molar-refractivity contribution in [3.05, 3.63) is 0 Å². The van der Waals surface area contributed by atoms with E-state index in [1.54, 1.807) is 0 Å². The van der Waals surface area contributed by atoms with Crippen LogP contribution in [-0.4, -0.2) is 36.2 Å². The van der Waals surface area contributed by atoms with Gasteiger partial charge in [-0.2, -0.15) is 0 Å². The predicted octanol–water partition coefficient (Wildman–Crippen LogP) is 5.03. The van der Waals surface area contributed by atoms with Gasteiger partial charge in [0.2, 0.25) is 0 Å². The smallest absolute Gasteiger partial charge is 0.0448 e. The van der Waals surface area contributed by atoms with Gasteiger partial charge < -0.3 is 10.0 Å². The van der Waals surface area contributed by atoms with Crippen molar-refractivity contribution >= 4 is 12.4 Å². The van der Waals surface area contributed by atoms with E-state index in [0.29, 0.717) is 6.61 Å². The molecule has 0 aromatic heterocycles. The van der Waals surface area contributed by atoms with Crippen molar-refractivity contribution in [3.8, 4) is 0 Å². The van der Waals surface area contributed by atoms with Gasteiger partial charge in [-0.25, -0.2) is 0 Å². The summed E-state index contributed by atoms with van der Waals surface area (Å²) in [5.74, 6) is 0.796. The van der Waals surface area contributed by atoms with Gasteiger partial charge in [-0.05, 0) is 45.7 Å². The molecule has 0 aromatic carbocycles. The van der Waals surface area contributed by atoms with Gasteiger partial charge in [0.25, 0.3) is 0 Å². The summed E-state index contributed by atoms with van der Waals surface area (Å²) in [5.41, 5.74) is 0.274. The topological polar surface area (TPSA) is 23.5 Å². The summed E-state index contributed by atoms with van der Waals surface area (Å²) >= 11 is 0. The third-order valence-corrected chi connectivity index (χ3v) is 5.51. The number of hydrogen-bond donors (Lipinski definition) is 1. The van der Waals surface area contributed by atoms with Gasteiger partial charge in [-0.15, -0.1) is 12.4 Å². The van der Waals surface area contributed by atoms with Gasteiger partial charge in [-0.1, -0.05) is 58.3 Å². The lowest BCUT2D eigenvalue weighted by Gasteiger charge is -2.49. The molecule has 2 unspecified atom stereocenters. The van der Waals surface area contributed by atoms with E-state index in [4.69, 9.17) is 0 Å². The van der Waals surface area contributed by atoms with Crippen LogP contribution in [0.1, 0.15) is 84.0 Å². The lowest BCUT2D eigenvalue weighted by molar-refractivity contribution is 0.00949. The SMILES string of the molecule is CCCCCCCCC1CCCCC1(CCO)N(C)C.Cl. The average Bonchev–Trinajstić information content (AvgIpc) is 2.44. The molecule has 0 aromatic rings. The molecule has 0 amide bonds. The maximum absolute atomic E-state index is 9.49. The molecule has 0 saturated heterocycles. The van der Waals surface area contributed by atoms with Gasteiger partial charge in [-0.3, -0.25) is 0 Å². The predicted molar refractivity (Wildman–Crippen MR) is 95.3 cm³/mol. The van der Waals surface area contributed by atoms with Gasteiger partial charge >= 0.3 is 0 Å². The Hall–Kier alpha value is 0.210. The maximum Gasteiger partial charge on any atom is 0.0448 e. The van der Waals surface area contributed by atoms with Crippen LogP contribution in [0, 0.1) is 5.92 Å². The molecule has 1 fully saturated rings. The van der Waals surface area contributed by atoms with E-state index in [9.17, 15) is 5.11 Å². The summed E-state index contributed by atoms with van der Waals surface area (Å²) in [6.45, 7) is 2.62. The molecule has 128 valence electrons. The van der Waals surface area contributed by atoms with Crippen LogP contribution in [-0.2, 0) is 0 Å². The van der Waals surface area contributed by atoms with E-state index in [0.717, 1.165) is 12.3 Å². The lowest BCUT2D eigenvalue weighted by Crippen LogP contribution is -2.52. The normalized spacial score (nSPS) is 25.9. The van der Waals surface area contributed by atoms with Crippen LogP contribution in [0.15, 0.2) is 0 Å². The van der Waals surface area contributed by atoms with E-state index in [2.05, 4.69) is 25.9 Å². The zero-order valence-corrected chi connectivity index (χ0v) is 15.4. The van der Waals surface area contributed by atoms with Crippen molar-refractivity contribution in [2.75, 3.05) is 20.7 Å². The molecule has 1 rings (SSSR count). The summed E-state index contributed by atoms with van der Waals surface area (Å²) in [7, 11) is 4.43. The van der Waals surface area contributed by atoms with Gasteiger partial charge in [0, 0.05) is 12.1 Å². The van der Waals surface area contributed by atoms with Crippen LogP contribution in [0.5, 0.6) is 0 Å². The van der Waals surface area contributed by atoms with Crippen molar-refractivity contribution in [1.82, 2.24) is 4.90 Å². The molecule has 1 aliphatic carbocycles. The van der Waals surface area contributed by atoms with Gasteiger partial charge in [0.1, 0.15) is 0 Å². The molecular weight excluding hydrogens is 282 g/mol. The maximum atomic E-state index is 9.49. The second kappa shape index (κ2) is 11.7. The highest BCUT2D eigenvalue weighted by Crippen LogP contribution is 2.42. The molecular formula is C18H38ClNO. The average molecular weight is 320 g/mol. The van der Waals surface area contributed by atoms with Crippen LogP contribution in [0.25, 0.3) is 0 Å². The van der Waals surface area contributed by atoms with E-state index >= 15 is 0 Å². The minimum absolute atomic E-state index is 0. The monoisotopic (exact) mass is 319 g/mol. The number of nitrogens with zero attached hydrogens (tertiary/aromatic N) is 1. The highest BCUT2D eigenvalue weighted by molar-refractivity contribution is 5.85. The van der Waals surface area contributed by atoms with E-state index in [1.807, 2.05) is 0 Å². The van der Waals surface area contributed by atoms with Crippen molar-refractivity contribution in [1.29, 1.82) is 0 Å². The van der Waals surface area contributed by atoms with Crippen LogP contribution < -0.4 is 0 Å². The van der Waals surface area contributed by atoms with Crippen molar-refractivity contribution in [2.45, 2.75) is 89.5 Å². The molecule has 1 saturated carbocycles. The minimum atomic E-state index is 0. The summed E-state index contributed by atoms with van der Waals surface area (Å²) in [6.07, 6.45) is 16.0. The van der Waals surface area contributed by atoms with Crippen LogP contribution in [0.3, 0.4) is 0 Å². The summed E-state index contributed by atoms with van der Waals surface area (Å²) in [5, 5.41) is 9.49. The zero-order valence-electron chi connectivity index (χ0n) is 14.6. The third-order valence-electron chi connectivity index (χ3n) is 5.51.